The van der Waals surface area contributed by atoms with Gasteiger partial charge in [0.1, 0.15) is 7.11 Å². The molecule has 0 saturated heterocycles. The van der Waals surface area contributed by atoms with Crippen molar-refractivity contribution in [3.8, 4) is 0 Å². The third-order valence-electron chi connectivity index (χ3n) is 3.53. The molecule has 6 heteroatoms. The lowest BCUT2D eigenvalue weighted by molar-refractivity contribution is -0.112. The molecule has 0 aromatic heterocycles. The lowest BCUT2D eigenvalue weighted by atomic mass is 10.0. The predicted octanol–water partition coefficient (Wildman–Crippen LogP) is 2.58. The van der Waals surface area contributed by atoms with E-state index in [2.05, 4.69) is 10.3 Å². The van der Waals surface area contributed by atoms with E-state index >= 15 is 0 Å². The van der Waals surface area contributed by atoms with Gasteiger partial charge >= 0.3 is 5.91 Å². The Balaban J connectivity index is 2.02. The first-order valence-electron chi connectivity index (χ1n) is 7.33. The molecule has 0 unspecified atom stereocenters. The van der Waals surface area contributed by atoms with Crippen LogP contribution in [0.25, 0.3) is 0 Å². The minimum atomic E-state index is -0.501. The van der Waals surface area contributed by atoms with E-state index < -0.39 is 5.91 Å². The van der Waals surface area contributed by atoms with E-state index in [1.807, 2.05) is 25.1 Å². The van der Waals surface area contributed by atoms with Gasteiger partial charge in [-0.25, -0.2) is 0 Å². The maximum Gasteiger partial charge on any atom is 0.303 e. The number of hydrazone groups is 1. The van der Waals surface area contributed by atoms with Crippen LogP contribution in [0.3, 0.4) is 0 Å². The van der Waals surface area contributed by atoms with Gasteiger partial charge in [0.25, 0.3) is 0 Å². The molecule has 1 amide bonds. The Morgan fingerprint density at radius 3 is 2.38 bits per heavy atom. The highest BCUT2D eigenvalue weighted by Gasteiger charge is 2.37. The molecule has 1 aliphatic rings. The number of rotatable bonds is 4. The summed E-state index contributed by atoms with van der Waals surface area (Å²) in [5.41, 5.74) is 1.89. The molecular formula is C18H15N3O3. The minimum Gasteiger partial charge on any atom is -0.398 e. The zero-order valence-electron chi connectivity index (χ0n) is 13.3. The number of aryl methyl sites for hydroxylation is 1. The molecule has 2 aromatic rings. The topological polar surface area (TPSA) is 71.3 Å². The second kappa shape index (κ2) is 6.45. The van der Waals surface area contributed by atoms with Gasteiger partial charge in [0, 0.05) is 5.56 Å². The van der Waals surface area contributed by atoms with Crippen LogP contribution in [0.5, 0.6) is 0 Å². The van der Waals surface area contributed by atoms with Crippen LogP contribution in [0.4, 0.5) is 5.69 Å². The van der Waals surface area contributed by atoms with E-state index in [1.165, 1.54) is 7.11 Å². The number of amides is 1. The van der Waals surface area contributed by atoms with Crippen molar-refractivity contribution in [2.24, 2.45) is 10.3 Å². The van der Waals surface area contributed by atoms with E-state index in [-0.39, 0.29) is 17.2 Å². The number of nitrogens with zero attached hydrogens (tertiary/aromatic N) is 3. The summed E-state index contributed by atoms with van der Waals surface area (Å²) in [6.45, 7) is 1.93. The number of carbonyl (C=O) groups is 2. The zero-order valence-corrected chi connectivity index (χ0v) is 13.3. The molecule has 1 aliphatic heterocycles. The molecule has 0 saturated carbocycles. The molecule has 0 atom stereocenters. The molecule has 0 N–H and O–H groups in total. The van der Waals surface area contributed by atoms with Gasteiger partial charge < -0.3 is 4.84 Å². The average Bonchev–Trinajstić information content (AvgIpc) is 2.93. The molecule has 0 bridgehead atoms. The van der Waals surface area contributed by atoms with Crippen LogP contribution in [-0.4, -0.2) is 30.2 Å². The minimum absolute atomic E-state index is 0.0328. The molecule has 0 fully saturated rings. The van der Waals surface area contributed by atoms with Crippen LogP contribution in [0.2, 0.25) is 0 Å². The second-order valence-electron chi connectivity index (χ2n) is 5.22. The Hall–Kier alpha value is -3.28. The normalized spacial score (nSPS) is 15.6. The summed E-state index contributed by atoms with van der Waals surface area (Å²) >= 11 is 0. The monoisotopic (exact) mass is 321 g/mol. The van der Waals surface area contributed by atoms with Crippen molar-refractivity contribution in [2.45, 2.75) is 6.92 Å². The quantitative estimate of drug-likeness (QED) is 0.642. The highest BCUT2D eigenvalue weighted by atomic mass is 16.6. The van der Waals surface area contributed by atoms with Gasteiger partial charge in [-0.15, -0.1) is 0 Å². The standard InChI is InChI=1S/C18H15N3O3/c1-12-8-10-13(11-9-12)17(22)15-16(20-24-2)18(23)21(19-15)14-6-4-3-5-7-14/h3-11H,1-2H3/b20-16+. The van der Waals surface area contributed by atoms with Crippen LogP contribution in [0.1, 0.15) is 15.9 Å². The first kappa shape index (κ1) is 15.6. The Bertz CT molecular complexity index is 840. The number of benzene rings is 2. The fourth-order valence-corrected chi connectivity index (χ4v) is 2.31. The lowest BCUT2D eigenvalue weighted by Crippen LogP contribution is -2.30. The van der Waals surface area contributed by atoms with Gasteiger partial charge in [0.05, 0.1) is 5.69 Å². The molecule has 6 nitrogen and oxygen atoms in total. The van der Waals surface area contributed by atoms with Gasteiger partial charge in [-0.05, 0) is 19.1 Å². The summed E-state index contributed by atoms with van der Waals surface area (Å²) in [7, 11) is 1.32. The number of ketones is 1. The fraction of sp³-hybridized carbons (Fsp3) is 0.111. The number of hydrogen-bond donors (Lipinski definition) is 0. The zero-order chi connectivity index (χ0) is 17.1. The van der Waals surface area contributed by atoms with Crippen LogP contribution in [0.15, 0.2) is 64.9 Å². The number of hydrogen-bond acceptors (Lipinski definition) is 5. The molecule has 0 aliphatic carbocycles. The van der Waals surface area contributed by atoms with E-state index in [1.54, 1.807) is 36.4 Å². The number of carbonyl (C=O) groups excluding carboxylic acids is 2. The van der Waals surface area contributed by atoms with Gasteiger partial charge in [-0.2, -0.15) is 10.1 Å². The first-order chi connectivity index (χ1) is 11.6. The Morgan fingerprint density at radius 2 is 1.75 bits per heavy atom. The van der Waals surface area contributed by atoms with Gasteiger partial charge in [0.15, 0.2) is 5.71 Å². The molecule has 1 heterocycles. The van der Waals surface area contributed by atoms with Crippen LogP contribution >= 0.6 is 0 Å². The van der Waals surface area contributed by atoms with Crippen molar-refractivity contribution in [3.63, 3.8) is 0 Å². The maximum atomic E-state index is 12.7. The van der Waals surface area contributed by atoms with E-state index in [4.69, 9.17) is 4.84 Å². The van der Waals surface area contributed by atoms with Gasteiger partial charge in [0.2, 0.25) is 11.5 Å². The van der Waals surface area contributed by atoms with Gasteiger partial charge in [-0.1, -0.05) is 53.2 Å². The third kappa shape index (κ3) is 2.81. The van der Waals surface area contributed by atoms with Crippen molar-refractivity contribution < 1.29 is 14.4 Å². The molecule has 3 rings (SSSR count). The third-order valence-corrected chi connectivity index (χ3v) is 3.53. The Morgan fingerprint density at radius 1 is 1.08 bits per heavy atom. The molecular weight excluding hydrogens is 306 g/mol. The van der Waals surface area contributed by atoms with Gasteiger partial charge in [-0.3, -0.25) is 9.59 Å². The first-order valence-corrected chi connectivity index (χ1v) is 7.33. The summed E-state index contributed by atoms with van der Waals surface area (Å²) in [5.74, 6) is -0.879. The van der Waals surface area contributed by atoms with Crippen LogP contribution in [0, 0.1) is 6.92 Å². The molecule has 24 heavy (non-hydrogen) atoms. The molecule has 0 radical (unpaired) electrons. The largest absolute Gasteiger partial charge is 0.398 e. The van der Waals surface area contributed by atoms with E-state index in [0.29, 0.717) is 11.3 Å². The summed E-state index contributed by atoms with van der Waals surface area (Å²) in [6, 6.07) is 15.9. The summed E-state index contributed by atoms with van der Waals surface area (Å²) in [6.07, 6.45) is 0. The lowest BCUT2D eigenvalue weighted by Gasteiger charge is -2.10. The number of Topliss-reactive ketones (excluding diaryl/α,β-unsaturated/α-hetero) is 1. The average molecular weight is 321 g/mol. The Labute approximate surface area is 139 Å². The molecule has 2 aromatic carbocycles. The van der Waals surface area contributed by atoms with Crippen molar-refractivity contribution in [1.29, 1.82) is 0 Å². The number of anilines is 1. The van der Waals surface area contributed by atoms with Crippen molar-refractivity contribution >= 4 is 28.8 Å². The fourth-order valence-electron chi connectivity index (χ4n) is 2.31. The molecule has 0 spiro atoms. The second-order valence-corrected chi connectivity index (χ2v) is 5.22. The van der Waals surface area contributed by atoms with Crippen LogP contribution in [-0.2, 0) is 9.63 Å². The smallest absolute Gasteiger partial charge is 0.303 e. The SMILES string of the molecule is CO/N=C1/C(=O)N(c2ccccc2)N=C1C(=O)c1ccc(C)cc1. The van der Waals surface area contributed by atoms with E-state index in [9.17, 15) is 9.59 Å². The highest BCUT2D eigenvalue weighted by molar-refractivity contribution is 6.85. The van der Waals surface area contributed by atoms with Crippen molar-refractivity contribution in [2.75, 3.05) is 12.1 Å². The van der Waals surface area contributed by atoms with Crippen molar-refractivity contribution in [3.05, 3.63) is 65.7 Å². The van der Waals surface area contributed by atoms with E-state index in [0.717, 1.165) is 10.6 Å². The summed E-state index contributed by atoms with van der Waals surface area (Å²) < 4.78 is 0. The highest BCUT2D eigenvalue weighted by Crippen LogP contribution is 2.20. The van der Waals surface area contributed by atoms with Crippen LogP contribution < -0.4 is 5.01 Å². The summed E-state index contributed by atoms with van der Waals surface area (Å²) in [4.78, 5) is 30.0. The number of oxime groups is 1. The maximum absolute atomic E-state index is 12.7. The summed E-state index contributed by atoms with van der Waals surface area (Å²) in [5, 5.41) is 9.03. The predicted molar refractivity (Wildman–Crippen MR) is 91.3 cm³/mol. The number of para-hydroxylation sites is 1. The Kier molecular flexibility index (Phi) is 4.20. The molecule has 120 valence electrons. The van der Waals surface area contributed by atoms with Crippen molar-refractivity contribution in [1.82, 2.24) is 0 Å².